The number of aliphatic hydroxyl groups is 1. The molecule has 1 aliphatic carbocycles. The third-order valence-corrected chi connectivity index (χ3v) is 3.52. The molecule has 1 heterocycles. The molecular weight excluding hydrogens is 270 g/mol. The Morgan fingerprint density at radius 2 is 2.10 bits per heavy atom. The number of hydrogen-bond acceptors (Lipinski definition) is 6. The molecule has 1 unspecified atom stereocenters. The summed E-state index contributed by atoms with van der Waals surface area (Å²) in [6, 6.07) is 6.88. The fourth-order valence-corrected chi connectivity index (χ4v) is 2.44. The van der Waals surface area contributed by atoms with Crippen molar-refractivity contribution in [1.29, 1.82) is 0 Å². The molecule has 0 radical (unpaired) electrons. The number of anilines is 2. The van der Waals surface area contributed by atoms with Gasteiger partial charge in [-0.05, 0) is 37.1 Å². The number of nitrogens with zero attached hydrogens (tertiary/aromatic N) is 2. The van der Waals surface area contributed by atoms with Crippen LogP contribution in [0.5, 0.6) is 0 Å². The SMILES string of the molecule is COC(=O)c1ccc(Nc2ncnc3c2C(O)CC3)cc1. The van der Waals surface area contributed by atoms with Crippen molar-refractivity contribution in [2.45, 2.75) is 18.9 Å². The minimum Gasteiger partial charge on any atom is -0.465 e. The average molecular weight is 285 g/mol. The number of rotatable bonds is 3. The van der Waals surface area contributed by atoms with Crippen molar-refractivity contribution in [1.82, 2.24) is 9.97 Å². The lowest BCUT2D eigenvalue weighted by Gasteiger charge is -2.12. The first-order chi connectivity index (χ1) is 10.2. The Morgan fingerprint density at radius 1 is 1.33 bits per heavy atom. The summed E-state index contributed by atoms with van der Waals surface area (Å²) >= 11 is 0. The number of hydrogen-bond donors (Lipinski definition) is 2. The van der Waals surface area contributed by atoms with Gasteiger partial charge in [-0.1, -0.05) is 0 Å². The first-order valence-electron chi connectivity index (χ1n) is 6.66. The number of nitrogens with one attached hydrogen (secondary N) is 1. The summed E-state index contributed by atoms with van der Waals surface area (Å²) in [5.74, 6) is 0.232. The molecule has 3 rings (SSSR count). The summed E-state index contributed by atoms with van der Waals surface area (Å²) < 4.78 is 4.66. The smallest absolute Gasteiger partial charge is 0.337 e. The topological polar surface area (TPSA) is 84.3 Å². The van der Waals surface area contributed by atoms with Crippen LogP contribution >= 0.6 is 0 Å². The van der Waals surface area contributed by atoms with Gasteiger partial charge >= 0.3 is 5.97 Å². The number of carbonyl (C=O) groups is 1. The second kappa shape index (κ2) is 5.49. The lowest BCUT2D eigenvalue weighted by atomic mass is 10.2. The molecule has 0 bridgehead atoms. The van der Waals surface area contributed by atoms with Gasteiger partial charge in [0.2, 0.25) is 0 Å². The average Bonchev–Trinajstić information content (AvgIpc) is 2.90. The van der Waals surface area contributed by atoms with Crippen molar-refractivity contribution in [3.8, 4) is 0 Å². The Hall–Kier alpha value is -2.47. The first-order valence-corrected chi connectivity index (χ1v) is 6.66. The van der Waals surface area contributed by atoms with Gasteiger partial charge in [0.05, 0.1) is 24.5 Å². The lowest BCUT2D eigenvalue weighted by molar-refractivity contribution is 0.0601. The van der Waals surface area contributed by atoms with Gasteiger partial charge in [0, 0.05) is 11.3 Å². The molecule has 0 saturated carbocycles. The van der Waals surface area contributed by atoms with Crippen LogP contribution in [-0.4, -0.2) is 28.2 Å². The van der Waals surface area contributed by atoms with Gasteiger partial charge in [-0.25, -0.2) is 14.8 Å². The molecule has 1 aromatic heterocycles. The summed E-state index contributed by atoms with van der Waals surface area (Å²) in [7, 11) is 1.35. The van der Waals surface area contributed by atoms with Crippen LogP contribution in [0, 0.1) is 0 Å². The van der Waals surface area contributed by atoms with Crippen molar-refractivity contribution in [3.05, 3.63) is 47.4 Å². The highest BCUT2D eigenvalue weighted by Gasteiger charge is 2.25. The lowest BCUT2D eigenvalue weighted by Crippen LogP contribution is -2.04. The van der Waals surface area contributed by atoms with E-state index in [1.54, 1.807) is 24.3 Å². The highest BCUT2D eigenvalue weighted by atomic mass is 16.5. The molecule has 21 heavy (non-hydrogen) atoms. The van der Waals surface area contributed by atoms with Crippen LogP contribution in [0.3, 0.4) is 0 Å². The zero-order valence-corrected chi connectivity index (χ0v) is 11.5. The van der Waals surface area contributed by atoms with Gasteiger partial charge in [-0.2, -0.15) is 0 Å². The number of methoxy groups -OCH3 is 1. The van der Waals surface area contributed by atoms with Gasteiger partial charge in [0.1, 0.15) is 12.1 Å². The maximum atomic E-state index is 11.4. The molecule has 0 fully saturated rings. The maximum Gasteiger partial charge on any atom is 0.337 e. The van der Waals surface area contributed by atoms with E-state index in [2.05, 4.69) is 20.0 Å². The van der Waals surface area contributed by atoms with Crippen molar-refractivity contribution in [2.24, 2.45) is 0 Å². The van der Waals surface area contributed by atoms with Crippen LogP contribution in [0.2, 0.25) is 0 Å². The number of carbonyl (C=O) groups excluding carboxylic acids is 1. The van der Waals surface area contributed by atoms with Crippen LogP contribution in [0.1, 0.15) is 34.1 Å². The predicted octanol–water partition coefficient (Wildman–Crippen LogP) is 1.99. The van der Waals surface area contributed by atoms with Crippen molar-refractivity contribution in [3.63, 3.8) is 0 Å². The van der Waals surface area contributed by atoms with E-state index in [4.69, 9.17) is 0 Å². The van der Waals surface area contributed by atoms with E-state index in [9.17, 15) is 9.90 Å². The molecule has 0 amide bonds. The minimum absolute atomic E-state index is 0.375. The molecule has 6 heteroatoms. The van der Waals surface area contributed by atoms with Gasteiger partial charge in [-0.15, -0.1) is 0 Å². The van der Waals surface area contributed by atoms with Gasteiger partial charge in [0.25, 0.3) is 0 Å². The maximum absolute atomic E-state index is 11.4. The van der Waals surface area contributed by atoms with E-state index >= 15 is 0 Å². The van der Waals surface area contributed by atoms with E-state index in [0.717, 1.165) is 23.4 Å². The second-order valence-corrected chi connectivity index (χ2v) is 4.83. The molecular formula is C15H15N3O3. The molecule has 2 N–H and O–H groups in total. The van der Waals surface area contributed by atoms with E-state index < -0.39 is 6.10 Å². The summed E-state index contributed by atoms with van der Waals surface area (Å²) in [6.07, 6.45) is 2.39. The molecule has 2 aromatic rings. The molecule has 0 spiro atoms. The van der Waals surface area contributed by atoms with Crippen LogP contribution in [-0.2, 0) is 11.2 Å². The summed E-state index contributed by atoms with van der Waals surface area (Å²) in [6.45, 7) is 0. The molecule has 0 aliphatic heterocycles. The second-order valence-electron chi connectivity index (χ2n) is 4.83. The molecule has 1 aliphatic rings. The standard InChI is InChI=1S/C15H15N3O3/c1-21-15(20)9-2-4-10(5-3-9)18-14-13-11(16-8-17-14)6-7-12(13)19/h2-5,8,12,19H,6-7H2,1H3,(H,16,17,18). The van der Waals surface area contributed by atoms with Gasteiger partial charge in [0.15, 0.2) is 0 Å². The van der Waals surface area contributed by atoms with E-state index in [0.29, 0.717) is 17.8 Å². The van der Waals surface area contributed by atoms with E-state index in [1.165, 1.54) is 13.4 Å². The molecule has 1 aromatic carbocycles. The number of benzene rings is 1. The van der Waals surface area contributed by atoms with Gasteiger partial charge < -0.3 is 15.2 Å². The van der Waals surface area contributed by atoms with Gasteiger partial charge in [-0.3, -0.25) is 0 Å². The first kappa shape index (κ1) is 13.5. The van der Waals surface area contributed by atoms with Crippen LogP contribution in [0.25, 0.3) is 0 Å². The molecule has 6 nitrogen and oxygen atoms in total. The van der Waals surface area contributed by atoms with Crippen LogP contribution in [0.15, 0.2) is 30.6 Å². The zero-order chi connectivity index (χ0) is 14.8. The molecule has 1 atom stereocenters. The zero-order valence-electron chi connectivity index (χ0n) is 11.5. The Bertz CT molecular complexity index is 670. The molecule has 108 valence electrons. The normalized spacial score (nSPS) is 16.4. The fourth-order valence-electron chi connectivity index (χ4n) is 2.44. The van der Waals surface area contributed by atoms with Crippen molar-refractivity contribution >= 4 is 17.5 Å². The quantitative estimate of drug-likeness (QED) is 0.839. The van der Waals surface area contributed by atoms with Crippen LogP contribution in [0.4, 0.5) is 11.5 Å². The third kappa shape index (κ3) is 2.57. The number of ether oxygens (including phenoxy) is 1. The highest BCUT2D eigenvalue weighted by molar-refractivity contribution is 5.89. The van der Waals surface area contributed by atoms with E-state index in [-0.39, 0.29) is 5.97 Å². The minimum atomic E-state index is -0.530. The van der Waals surface area contributed by atoms with Crippen LogP contribution < -0.4 is 5.32 Å². The fraction of sp³-hybridized carbons (Fsp3) is 0.267. The van der Waals surface area contributed by atoms with Crippen molar-refractivity contribution in [2.75, 3.05) is 12.4 Å². The van der Waals surface area contributed by atoms with E-state index in [1.807, 2.05) is 0 Å². The Kier molecular flexibility index (Phi) is 3.53. The largest absolute Gasteiger partial charge is 0.465 e. The number of aromatic nitrogens is 2. The number of aliphatic hydroxyl groups excluding tert-OH is 1. The number of esters is 1. The Balaban J connectivity index is 1.85. The monoisotopic (exact) mass is 285 g/mol. The van der Waals surface area contributed by atoms with Crippen molar-refractivity contribution < 1.29 is 14.6 Å². The summed E-state index contributed by atoms with van der Waals surface area (Å²) in [5, 5.41) is 13.2. The highest BCUT2D eigenvalue weighted by Crippen LogP contribution is 2.34. The predicted molar refractivity (Wildman–Crippen MR) is 76.4 cm³/mol. The summed E-state index contributed by atoms with van der Waals surface area (Å²) in [5.41, 5.74) is 2.90. The Morgan fingerprint density at radius 3 is 2.81 bits per heavy atom. The summed E-state index contributed by atoms with van der Waals surface area (Å²) in [4.78, 5) is 19.8. The number of fused-ring (bicyclic) bond motifs is 1. The third-order valence-electron chi connectivity index (χ3n) is 3.52. The number of aryl methyl sites for hydroxylation is 1. The molecule has 0 saturated heterocycles. The Labute approximate surface area is 121 Å².